The van der Waals surface area contributed by atoms with Crippen LogP contribution in [0, 0.1) is 0 Å². The van der Waals surface area contributed by atoms with Crippen molar-refractivity contribution in [2.75, 3.05) is 0 Å². The lowest BCUT2D eigenvalue weighted by Gasteiger charge is -1.97. The monoisotopic (exact) mass is 315 g/mol. The molecule has 2 aromatic carbocycles. The van der Waals surface area contributed by atoms with E-state index in [9.17, 15) is 0 Å². The molecule has 0 aliphatic heterocycles. The van der Waals surface area contributed by atoms with Crippen molar-refractivity contribution in [3.05, 3.63) is 65.3 Å². The van der Waals surface area contributed by atoms with Gasteiger partial charge in [-0.3, -0.25) is 0 Å². The number of nitrogens with zero attached hydrogens (tertiary/aromatic N) is 1. The van der Waals surface area contributed by atoms with Crippen LogP contribution in [0.25, 0.3) is 21.0 Å². The van der Waals surface area contributed by atoms with Crippen molar-refractivity contribution in [2.24, 2.45) is 0 Å². The van der Waals surface area contributed by atoms with Crippen LogP contribution in [0.5, 0.6) is 0 Å². The zero-order chi connectivity index (χ0) is 12.4. The molecule has 0 atom stereocenters. The van der Waals surface area contributed by atoms with Crippen molar-refractivity contribution in [3.63, 3.8) is 0 Å². The summed E-state index contributed by atoms with van der Waals surface area (Å²) in [5.74, 6) is 0. The molecule has 3 rings (SSSR count). The third-order valence-corrected chi connectivity index (χ3v) is 4.22. The summed E-state index contributed by atoms with van der Waals surface area (Å²) in [6, 6.07) is 18.6. The van der Waals surface area contributed by atoms with E-state index in [4.69, 9.17) is 0 Å². The molecular weight excluding hydrogens is 306 g/mol. The molecule has 0 N–H and O–H groups in total. The number of rotatable bonds is 2. The first kappa shape index (κ1) is 11.6. The lowest BCUT2D eigenvalue weighted by atomic mass is 10.2. The van der Waals surface area contributed by atoms with Gasteiger partial charge in [0.1, 0.15) is 5.01 Å². The summed E-state index contributed by atoms with van der Waals surface area (Å²) in [4.78, 5) is 5.69. The van der Waals surface area contributed by atoms with Gasteiger partial charge in [-0.1, -0.05) is 58.4 Å². The van der Waals surface area contributed by atoms with E-state index in [1.54, 1.807) is 11.3 Å². The van der Waals surface area contributed by atoms with Crippen molar-refractivity contribution >= 4 is 27.3 Å². The molecule has 0 radical (unpaired) electrons. The fraction of sp³-hybridized carbons (Fsp3) is 0. The second-order valence-corrected chi connectivity index (χ2v) is 5.85. The first-order valence-electron chi connectivity index (χ1n) is 5.60. The van der Waals surface area contributed by atoms with Gasteiger partial charge in [0.15, 0.2) is 0 Å². The first-order valence-corrected chi connectivity index (χ1v) is 7.21. The van der Waals surface area contributed by atoms with Gasteiger partial charge in [0.2, 0.25) is 0 Å². The highest BCUT2D eigenvalue weighted by molar-refractivity contribution is 9.10. The Morgan fingerprint density at radius 2 is 1.67 bits per heavy atom. The molecule has 0 amide bonds. The Morgan fingerprint density at radius 1 is 0.889 bits per heavy atom. The van der Waals surface area contributed by atoms with Crippen LogP contribution in [0.2, 0.25) is 0 Å². The fourth-order valence-electron chi connectivity index (χ4n) is 1.76. The lowest BCUT2D eigenvalue weighted by Crippen LogP contribution is -1.71. The van der Waals surface area contributed by atoms with Gasteiger partial charge in [0, 0.05) is 16.2 Å². The molecule has 0 saturated heterocycles. The van der Waals surface area contributed by atoms with E-state index in [2.05, 4.69) is 45.2 Å². The molecule has 0 unspecified atom stereocenters. The Bertz CT molecular complexity index is 661. The molecule has 1 nitrogen and oxygen atoms in total. The Balaban J connectivity index is 2.00. The number of hydrogen-bond donors (Lipinski definition) is 0. The zero-order valence-corrected chi connectivity index (χ0v) is 11.9. The number of halogens is 1. The molecule has 3 aromatic rings. The van der Waals surface area contributed by atoms with Crippen molar-refractivity contribution in [3.8, 4) is 21.0 Å². The Kier molecular flexibility index (Phi) is 3.26. The predicted octanol–water partition coefficient (Wildman–Crippen LogP) is 5.24. The largest absolute Gasteiger partial charge is 0.244 e. The summed E-state index contributed by atoms with van der Waals surface area (Å²) in [7, 11) is 0. The third-order valence-electron chi connectivity index (χ3n) is 2.64. The van der Waals surface area contributed by atoms with Crippen LogP contribution in [-0.2, 0) is 0 Å². The minimum atomic E-state index is 1.06. The van der Waals surface area contributed by atoms with E-state index in [-0.39, 0.29) is 0 Å². The Labute approximate surface area is 118 Å². The van der Waals surface area contributed by atoms with Gasteiger partial charge >= 0.3 is 0 Å². The van der Waals surface area contributed by atoms with Gasteiger partial charge in [-0.15, -0.1) is 11.3 Å². The summed E-state index contributed by atoms with van der Waals surface area (Å²) in [6.07, 6.45) is 1.94. The smallest absolute Gasteiger partial charge is 0.123 e. The standard InChI is InChI=1S/C15H10BrNS/c16-13-8-4-7-12(9-13)14-10-17-15(18-14)11-5-2-1-3-6-11/h1-10H. The summed E-state index contributed by atoms with van der Waals surface area (Å²) < 4.78 is 1.09. The Hall–Kier alpha value is -1.45. The highest BCUT2D eigenvalue weighted by Crippen LogP contribution is 2.32. The third kappa shape index (κ3) is 2.37. The van der Waals surface area contributed by atoms with E-state index < -0.39 is 0 Å². The highest BCUT2D eigenvalue weighted by Gasteiger charge is 2.06. The van der Waals surface area contributed by atoms with Gasteiger partial charge in [0.25, 0.3) is 0 Å². The maximum atomic E-state index is 4.50. The van der Waals surface area contributed by atoms with Crippen LogP contribution in [0.3, 0.4) is 0 Å². The summed E-state index contributed by atoms with van der Waals surface area (Å²) in [6.45, 7) is 0. The van der Waals surface area contributed by atoms with E-state index in [1.807, 2.05) is 36.5 Å². The molecule has 0 spiro atoms. The first-order chi connectivity index (χ1) is 8.83. The predicted molar refractivity (Wildman–Crippen MR) is 80.7 cm³/mol. The molecular formula is C15H10BrNS. The molecule has 1 aromatic heterocycles. The SMILES string of the molecule is Brc1cccc(-c2cnc(-c3ccccc3)s2)c1. The molecule has 3 heteroatoms. The quantitative estimate of drug-likeness (QED) is 0.630. The molecule has 0 aliphatic rings. The average molecular weight is 316 g/mol. The second kappa shape index (κ2) is 5.04. The topological polar surface area (TPSA) is 12.9 Å². The highest BCUT2D eigenvalue weighted by atomic mass is 79.9. The number of thiazole rings is 1. The van der Waals surface area contributed by atoms with Crippen molar-refractivity contribution in [2.45, 2.75) is 0 Å². The van der Waals surface area contributed by atoms with Crippen molar-refractivity contribution < 1.29 is 0 Å². The van der Waals surface area contributed by atoms with Crippen molar-refractivity contribution in [1.29, 1.82) is 0 Å². The van der Waals surface area contributed by atoms with Crippen LogP contribution in [0.15, 0.2) is 65.3 Å². The molecule has 0 fully saturated rings. The minimum absolute atomic E-state index is 1.06. The van der Waals surface area contributed by atoms with E-state index >= 15 is 0 Å². The zero-order valence-electron chi connectivity index (χ0n) is 9.51. The number of hydrogen-bond acceptors (Lipinski definition) is 2. The van der Waals surface area contributed by atoms with Gasteiger partial charge in [-0.25, -0.2) is 4.98 Å². The summed E-state index contributed by atoms with van der Waals surface area (Å²) in [5.41, 5.74) is 2.37. The van der Waals surface area contributed by atoms with Crippen molar-refractivity contribution in [1.82, 2.24) is 4.98 Å². The van der Waals surface area contributed by atoms with Crippen LogP contribution in [0.1, 0.15) is 0 Å². The van der Waals surface area contributed by atoms with Gasteiger partial charge < -0.3 is 0 Å². The van der Waals surface area contributed by atoms with Crippen LogP contribution >= 0.6 is 27.3 Å². The number of benzene rings is 2. The van der Waals surface area contributed by atoms with Gasteiger partial charge in [-0.05, 0) is 17.7 Å². The van der Waals surface area contributed by atoms with E-state index in [0.717, 1.165) is 9.48 Å². The fourth-order valence-corrected chi connectivity index (χ4v) is 3.08. The van der Waals surface area contributed by atoms with Crippen LogP contribution in [0.4, 0.5) is 0 Å². The maximum Gasteiger partial charge on any atom is 0.123 e. The average Bonchev–Trinajstić information content (AvgIpc) is 2.89. The molecule has 0 saturated carbocycles. The van der Waals surface area contributed by atoms with Crippen LogP contribution in [-0.4, -0.2) is 4.98 Å². The number of aromatic nitrogens is 1. The molecule has 0 bridgehead atoms. The summed E-state index contributed by atoms with van der Waals surface area (Å²) in [5, 5.41) is 1.06. The summed E-state index contributed by atoms with van der Waals surface area (Å²) >= 11 is 5.21. The normalized spacial score (nSPS) is 10.5. The lowest BCUT2D eigenvalue weighted by molar-refractivity contribution is 1.41. The van der Waals surface area contributed by atoms with Gasteiger partial charge in [0.05, 0.1) is 4.88 Å². The van der Waals surface area contributed by atoms with Gasteiger partial charge in [-0.2, -0.15) is 0 Å². The molecule has 88 valence electrons. The second-order valence-electron chi connectivity index (χ2n) is 3.91. The van der Waals surface area contributed by atoms with E-state index in [1.165, 1.54) is 16.0 Å². The maximum absolute atomic E-state index is 4.50. The molecule has 1 heterocycles. The Morgan fingerprint density at radius 3 is 2.44 bits per heavy atom. The minimum Gasteiger partial charge on any atom is -0.244 e. The molecule has 18 heavy (non-hydrogen) atoms. The molecule has 0 aliphatic carbocycles. The van der Waals surface area contributed by atoms with Crippen LogP contribution < -0.4 is 0 Å². The van der Waals surface area contributed by atoms with E-state index in [0.29, 0.717) is 0 Å².